The number of hydrogen-bond acceptors (Lipinski definition) is 4. The second-order valence-electron chi connectivity index (χ2n) is 6.16. The quantitative estimate of drug-likeness (QED) is 0.414. The molecule has 0 bridgehead atoms. The zero-order chi connectivity index (χ0) is 19.4. The Morgan fingerprint density at radius 1 is 1.00 bits per heavy atom. The molecule has 1 aliphatic rings. The molecular formula is C20H19ClN2O4. The Morgan fingerprint density at radius 2 is 1.74 bits per heavy atom. The van der Waals surface area contributed by atoms with E-state index in [1.807, 2.05) is 30.3 Å². The lowest BCUT2D eigenvalue weighted by molar-refractivity contribution is -0.144. The molecule has 1 atom stereocenters. The van der Waals surface area contributed by atoms with Crippen LogP contribution in [0.15, 0.2) is 54.6 Å². The van der Waals surface area contributed by atoms with E-state index >= 15 is 0 Å². The van der Waals surface area contributed by atoms with Gasteiger partial charge in [-0.15, -0.1) is 0 Å². The van der Waals surface area contributed by atoms with Crippen LogP contribution >= 0.6 is 11.6 Å². The van der Waals surface area contributed by atoms with Crippen molar-refractivity contribution in [1.29, 1.82) is 0 Å². The van der Waals surface area contributed by atoms with E-state index in [4.69, 9.17) is 16.3 Å². The molecule has 1 fully saturated rings. The molecule has 0 radical (unpaired) electrons. The fourth-order valence-corrected chi connectivity index (χ4v) is 3.09. The zero-order valence-corrected chi connectivity index (χ0v) is 15.6. The summed E-state index contributed by atoms with van der Waals surface area (Å²) in [6, 6.07) is 15.0. The number of nitrogens with zero attached hydrogens (tertiary/aromatic N) is 2. The standard InChI is InChI=1S/C20H19ClN2O4/c1-14(15-7-3-2-4-8-15)23-19(25)18(24)22(20(23)26)11-6-12-27-17-10-5-9-16(21)13-17/h2-5,7-10,13-14H,6,11-12H2,1H3. The van der Waals surface area contributed by atoms with Crippen molar-refractivity contribution >= 4 is 29.4 Å². The molecule has 3 rings (SSSR count). The van der Waals surface area contributed by atoms with Crippen molar-refractivity contribution in [3.8, 4) is 5.75 Å². The Morgan fingerprint density at radius 3 is 2.44 bits per heavy atom. The van der Waals surface area contributed by atoms with Gasteiger partial charge < -0.3 is 4.74 Å². The van der Waals surface area contributed by atoms with Crippen LogP contribution in [0.25, 0.3) is 0 Å². The van der Waals surface area contributed by atoms with E-state index in [2.05, 4.69) is 0 Å². The van der Waals surface area contributed by atoms with Crippen molar-refractivity contribution in [2.24, 2.45) is 0 Å². The normalized spacial score (nSPS) is 15.4. The highest BCUT2D eigenvalue weighted by atomic mass is 35.5. The molecule has 1 saturated heterocycles. The molecule has 0 spiro atoms. The molecule has 27 heavy (non-hydrogen) atoms. The first-order chi connectivity index (χ1) is 13.0. The molecule has 0 aliphatic carbocycles. The van der Waals surface area contributed by atoms with Gasteiger partial charge >= 0.3 is 17.8 Å². The van der Waals surface area contributed by atoms with Gasteiger partial charge in [0.05, 0.1) is 12.6 Å². The number of amides is 4. The van der Waals surface area contributed by atoms with E-state index in [9.17, 15) is 14.4 Å². The van der Waals surface area contributed by atoms with Crippen LogP contribution in [0.2, 0.25) is 5.02 Å². The van der Waals surface area contributed by atoms with Crippen LogP contribution in [0.5, 0.6) is 5.75 Å². The lowest BCUT2D eigenvalue weighted by atomic mass is 10.1. The third-order valence-corrected chi connectivity index (χ3v) is 4.58. The second kappa shape index (κ2) is 8.22. The van der Waals surface area contributed by atoms with Crippen LogP contribution in [-0.2, 0) is 9.59 Å². The lowest BCUT2D eigenvalue weighted by Gasteiger charge is -2.22. The number of carbonyl (C=O) groups is 3. The minimum Gasteiger partial charge on any atom is -0.493 e. The Balaban J connectivity index is 1.59. The molecule has 7 heteroatoms. The molecule has 4 amide bonds. The summed E-state index contributed by atoms with van der Waals surface area (Å²) in [4.78, 5) is 39.1. The average Bonchev–Trinajstić information content (AvgIpc) is 2.88. The highest BCUT2D eigenvalue weighted by molar-refractivity contribution is 6.44. The Kier molecular flexibility index (Phi) is 5.76. The van der Waals surface area contributed by atoms with Crippen molar-refractivity contribution in [3.63, 3.8) is 0 Å². The zero-order valence-electron chi connectivity index (χ0n) is 14.8. The molecule has 6 nitrogen and oxygen atoms in total. The first-order valence-corrected chi connectivity index (χ1v) is 8.99. The van der Waals surface area contributed by atoms with Gasteiger partial charge in [-0.05, 0) is 37.1 Å². The molecular weight excluding hydrogens is 368 g/mol. The van der Waals surface area contributed by atoms with Crippen LogP contribution in [0.3, 0.4) is 0 Å². The molecule has 0 saturated carbocycles. The van der Waals surface area contributed by atoms with Crippen molar-refractivity contribution in [3.05, 3.63) is 65.2 Å². The van der Waals surface area contributed by atoms with Crippen molar-refractivity contribution < 1.29 is 19.1 Å². The fraction of sp³-hybridized carbons (Fsp3) is 0.250. The molecule has 2 aromatic carbocycles. The minimum absolute atomic E-state index is 0.113. The number of imide groups is 2. The summed E-state index contributed by atoms with van der Waals surface area (Å²) in [7, 11) is 0. The third kappa shape index (κ3) is 4.11. The van der Waals surface area contributed by atoms with Crippen LogP contribution in [-0.4, -0.2) is 40.8 Å². The number of ether oxygens (including phenoxy) is 1. The third-order valence-electron chi connectivity index (χ3n) is 4.34. The molecule has 1 aliphatic heterocycles. The van der Waals surface area contributed by atoms with E-state index in [1.165, 1.54) is 0 Å². The number of rotatable bonds is 7. The number of carbonyl (C=O) groups excluding carboxylic acids is 3. The molecule has 2 aromatic rings. The summed E-state index contributed by atoms with van der Waals surface area (Å²) < 4.78 is 5.56. The van der Waals surface area contributed by atoms with Crippen LogP contribution in [0.1, 0.15) is 24.9 Å². The van der Waals surface area contributed by atoms with Crippen molar-refractivity contribution in [2.75, 3.05) is 13.2 Å². The molecule has 0 aromatic heterocycles. The summed E-state index contributed by atoms with van der Waals surface area (Å²) in [5.41, 5.74) is 0.790. The Bertz CT molecular complexity index is 856. The summed E-state index contributed by atoms with van der Waals surface area (Å²) in [5.74, 6) is -0.991. The second-order valence-corrected chi connectivity index (χ2v) is 6.60. The predicted molar refractivity (Wildman–Crippen MR) is 100 cm³/mol. The van der Waals surface area contributed by atoms with E-state index in [0.717, 1.165) is 15.4 Å². The van der Waals surface area contributed by atoms with Crippen LogP contribution < -0.4 is 4.74 Å². The smallest absolute Gasteiger partial charge is 0.334 e. The molecule has 1 unspecified atom stereocenters. The number of hydrogen-bond donors (Lipinski definition) is 0. The van der Waals surface area contributed by atoms with Crippen molar-refractivity contribution in [1.82, 2.24) is 9.80 Å². The summed E-state index contributed by atoms with van der Waals surface area (Å²) in [6.07, 6.45) is 0.408. The lowest BCUT2D eigenvalue weighted by Crippen LogP contribution is -2.36. The van der Waals surface area contributed by atoms with Gasteiger partial charge in [0.25, 0.3) is 0 Å². The van der Waals surface area contributed by atoms with Gasteiger partial charge in [-0.25, -0.2) is 9.69 Å². The summed E-state index contributed by atoms with van der Waals surface area (Å²) in [5, 5.41) is 0.563. The van der Waals surface area contributed by atoms with E-state index < -0.39 is 23.9 Å². The van der Waals surface area contributed by atoms with Crippen molar-refractivity contribution in [2.45, 2.75) is 19.4 Å². The van der Waals surface area contributed by atoms with Gasteiger partial charge in [-0.1, -0.05) is 48.0 Å². The first kappa shape index (κ1) is 18.9. The van der Waals surface area contributed by atoms with E-state index in [1.54, 1.807) is 31.2 Å². The highest BCUT2D eigenvalue weighted by Gasteiger charge is 2.46. The SMILES string of the molecule is CC(c1ccccc1)N1C(=O)C(=O)N(CCCOc2cccc(Cl)c2)C1=O. The topological polar surface area (TPSA) is 66.9 Å². The van der Waals surface area contributed by atoms with Gasteiger partial charge in [0.15, 0.2) is 0 Å². The maximum Gasteiger partial charge on any atom is 0.334 e. The van der Waals surface area contributed by atoms with Crippen LogP contribution in [0, 0.1) is 0 Å². The van der Waals surface area contributed by atoms with Gasteiger partial charge in [-0.2, -0.15) is 0 Å². The highest BCUT2D eigenvalue weighted by Crippen LogP contribution is 2.26. The van der Waals surface area contributed by atoms with Gasteiger partial charge in [-0.3, -0.25) is 14.5 Å². The molecule has 0 N–H and O–H groups in total. The molecule has 1 heterocycles. The van der Waals surface area contributed by atoms with Gasteiger partial charge in [0.2, 0.25) is 0 Å². The maximum atomic E-state index is 12.6. The van der Waals surface area contributed by atoms with E-state index in [0.29, 0.717) is 23.8 Å². The monoisotopic (exact) mass is 386 g/mol. The minimum atomic E-state index is -0.800. The Hall–Kier alpha value is -2.86. The summed E-state index contributed by atoms with van der Waals surface area (Å²) in [6.45, 7) is 2.13. The van der Waals surface area contributed by atoms with Gasteiger partial charge in [0, 0.05) is 11.6 Å². The Labute approximate surface area is 162 Å². The fourth-order valence-electron chi connectivity index (χ4n) is 2.91. The molecule has 140 valence electrons. The maximum absolute atomic E-state index is 12.6. The summed E-state index contributed by atoms with van der Waals surface area (Å²) >= 11 is 5.89. The number of halogens is 1. The average molecular weight is 387 g/mol. The number of benzene rings is 2. The van der Waals surface area contributed by atoms with E-state index in [-0.39, 0.29) is 6.54 Å². The predicted octanol–water partition coefficient (Wildman–Crippen LogP) is 3.66. The van der Waals surface area contributed by atoms with Crippen LogP contribution in [0.4, 0.5) is 4.79 Å². The van der Waals surface area contributed by atoms with Gasteiger partial charge in [0.1, 0.15) is 5.75 Å². The largest absolute Gasteiger partial charge is 0.493 e. The first-order valence-electron chi connectivity index (χ1n) is 8.61. The number of urea groups is 1.